The summed E-state index contributed by atoms with van der Waals surface area (Å²) in [4.78, 5) is 30.0. The molecule has 2 heterocycles. The molecule has 0 unspecified atom stereocenters. The minimum atomic E-state index is -0.193. The van der Waals surface area contributed by atoms with Crippen LogP contribution in [0.4, 0.5) is 0 Å². The van der Waals surface area contributed by atoms with Gasteiger partial charge in [0.1, 0.15) is 5.75 Å². The second-order valence-corrected chi connectivity index (χ2v) is 6.60. The van der Waals surface area contributed by atoms with Crippen LogP contribution in [0.15, 0.2) is 48.8 Å². The molecular formula is C20H23N3O3. The molecule has 0 spiro atoms. The molecule has 26 heavy (non-hydrogen) atoms. The van der Waals surface area contributed by atoms with Gasteiger partial charge in [-0.3, -0.25) is 14.6 Å². The summed E-state index contributed by atoms with van der Waals surface area (Å²) in [7, 11) is 1.80. The summed E-state index contributed by atoms with van der Waals surface area (Å²) in [5.74, 6) is 0.581. The fourth-order valence-corrected chi connectivity index (χ4v) is 3.27. The Bertz CT molecular complexity index is 762. The van der Waals surface area contributed by atoms with Gasteiger partial charge in [-0.1, -0.05) is 17.7 Å². The first kappa shape index (κ1) is 17.9. The summed E-state index contributed by atoms with van der Waals surface area (Å²) < 4.78 is 5.49. The Morgan fingerprint density at radius 3 is 2.62 bits per heavy atom. The number of pyridine rings is 1. The average molecular weight is 353 g/mol. The highest BCUT2D eigenvalue weighted by atomic mass is 16.5. The van der Waals surface area contributed by atoms with Gasteiger partial charge >= 0.3 is 0 Å². The quantitative estimate of drug-likeness (QED) is 0.863. The van der Waals surface area contributed by atoms with E-state index in [0.29, 0.717) is 18.7 Å². The molecule has 1 fully saturated rings. The lowest BCUT2D eigenvalue weighted by molar-refractivity contribution is -0.127. The highest BCUT2D eigenvalue weighted by molar-refractivity contribution is 5.80. The van der Waals surface area contributed by atoms with E-state index in [1.165, 1.54) is 0 Å². The first-order valence-electron chi connectivity index (χ1n) is 8.66. The van der Waals surface area contributed by atoms with Crippen LogP contribution in [0.1, 0.15) is 23.6 Å². The van der Waals surface area contributed by atoms with E-state index >= 15 is 0 Å². The highest BCUT2D eigenvalue weighted by Gasteiger charge is 2.38. The molecule has 1 aromatic carbocycles. The third kappa shape index (κ3) is 4.20. The van der Waals surface area contributed by atoms with Crippen LogP contribution in [0.5, 0.6) is 5.75 Å². The molecular weight excluding hydrogens is 330 g/mol. The number of aromatic nitrogens is 1. The van der Waals surface area contributed by atoms with Crippen LogP contribution in [0.2, 0.25) is 0 Å². The first-order chi connectivity index (χ1) is 12.5. The van der Waals surface area contributed by atoms with Crippen molar-refractivity contribution in [1.29, 1.82) is 0 Å². The molecule has 0 radical (unpaired) electrons. The summed E-state index contributed by atoms with van der Waals surface area (Å²) >= 11 is 0. The van der Waals surface area contributed by atoms with Gasteiger partial charge in [-0.25, -0.2) is 0 Å². The Morgan fingerprint density at radius 2 is 1.92 bits per heavy atom. The molecule has 1 aliphatic rings. The van der Waals surface area contributed by atoms with Crippen molar-refractivity contribution in [2.24, 2.45) is 5.92 Å². The van der Waals surface area contributed by atoms with Crippen molar-refractivity contribution >= 4 is 11.8 Å². The van der Waals surface area contributed by atoms with Crippen LogP contribution in [-0.2, 0) is 9.59 Å². The summed E-state index contributed by atoms with van der Waals surface area (Å²) in [6.07, 6.45) is 3.86. The number of carbonyl (C=O) groups is 2. The highest BCUT2D eigenvalue weighted by Crippen LogP contribution is 2.36. The number of carbonyl (C=O) groups excluding carboxylic acids is 2. The van der Waals surface area contributed by atoms with Crippen molar-refractivity contribution in [3.05, 3.63) is 59.9 Å². The molecule has 2 aromatic rings. The van der Waals surface area contributed by atoms with Gasteiger partial charge in [0, 0.05) is 38.3 Å². The molecule has 6 nitrogen and oxygen atoms in total. The average Bonchev–Trinajstić information content (AvgIpc) is 2.94. The normalized spacial score (nSPS) is 19.5. The molecule has 6 heteroatoms. The van der Waals surface area contributed by atoms with Gasteiger partial charge in [0.2, 0.25) is 5.91 Å². The summed E-state index contributed by atoms with van der Waals surface area (Å²) in [5, 5.41) is 2.89. The molecule has 0 saturated carbocycles. The van der Waals surface area contributed by atoms with Gasteiger partial charge in [-0.05, 0) is 36.8 Å². The first-order valence-corrected chi connectivity index (χ1v) is 8.66. The zero-order valence-corrected chi connectivity index (χ0v) is 15.0. The van der Waals surface area contributed by atoms with Crippen molar-refractivity contribution in [1.82, 2.24) is 15.2 Å². The molecule has 1 saturated heterocycles. The van der Waals surface area contributed by atoms with Crippen molar-refractivity contribution in [3.63, 3.8) is 0 Å². The van der Waals surface area contributed by atoms with Crippen molar-refractivity contribution in [2.75, 3.05) is 20.2 Å². The van der Waals surface area contributed by atoms with E-state index in [1.54, 1.807) is 24.3 Å². The fraction of sp³-hybridized carbons (Fsp3) is 0.350. The van der Waals surface area contributed by atoms with Crippen LogP contribution >= 0.6 is 0 Å². The van der Waals surface area contributed by atoms with Gasteiger partial charge in [-0.15, -0.1) is 0 Å². The number of rotatable bonds is 6. The van der Waals surface area contributed by atoms with E-state index in [-0.39, 0.29) is 30.4 Å². The third-order valence-electron chi connectivity index (χ3n) is 4.69. The maximum absolute atomic E-state index is 12.1. The molecule has 0 bridgehead atoms. The van der Waals surface area contributed by atoms with Crippen LogP contribution < -0.4 is 10.1 Å². The van der Waals surface area contributed by atoms with E-state index in [2.05, 4.69) is 10.3 Å². The number of hydrogen-bond acceptors (Lipinski definition) is 4. The maximum Gasteiger partial charge on any atom is 0.257 e. The topological polar surface area (TPSA) is 71.5 Å². The molecule has 2 amide bonds. The number of aryl methyl sites for hydroxylation is 1. The fourth-order valence-electron chi connectivity index (χ4n) is 3.27. The lowest BCUT2D eigenvalue weighted by atomic mass is 9.94. The Balaban J connectivity index is 1.54. The number of nitrogens with one attached hydrogen (secondary N) is 1. The lowest BCUT2D eigenvalue weighted by Gasteiger charge is -2.25. The number of benzene rings is 1. The maximum atomic E-state index is 12.1. The molecule has 1 aromatic heterocycles. The predicted molar refractivity (Wildman–Crippen MR) is 97.5 cm³/mol. The smallest absolute Gasteiger partial charge is 0.257 e. The Morgan fingerprint density at radius 1 is 1.23 bits per heavy atom. The molecule has 2 atom stereocenters. The van der Waals surface area contributed by atoms with Crippen LogP contribution in [0, 0.1) is 12.8 Å². The number of nitrogens with zero attached hydrogens (tertiary/aromatic N) is 2. The second-order valence-electron chi connectivity index (χ2n) is 6.60. The molecule has 1 aliphatic heterocycles. The Hall–Kier alpha value is -2.89. The van der Waals surface area contributed by atoms with E-state index in [0.717, 1.165) is 11.1 Å². The van der Waals surface area contributed by atoms with Crippen molar-refractivity contribution in [3.8, 4) is 5.75 Å². The Kier molecular flexibility index (Phi) is 5.51. The lowest BCUT2D eigenvalue weighted by Crippen LogP contribution is -2.35. The van der Waals surface area contributed by atoms with Gasteiger partial charge < -0.3 is 15.0 Å². The van der Waals surface area contributed by atoms with Gasteiger partial charge in [0.05, 0.1) is 6.04 Å². The minimum absolute atomic E-state index is 0.0261. The molecule has 136 valence electrons. The second kappa shape index (κ2) is 7.99. The van der Waals surface area contributed by atoms with E-state index in [1.807, 2.05) is 43.3 Å². The molecule has 0 aliphatic carbocycles. The monoisotopic (exact) mass is 353 g/mol. The standard InChI is InChI=1S/C20H23N3O3/c1-14-3-5-17(6-4-14)26-13-18(24)22-12-16-11-19(25)23(2)20(16)15-7-9-21-10-8-15/h3-10,16,20H,11-13H2,1-2H3,(H,22,24)/t16-,20-/m0/s1. The van der Waals surface area contributed by atoms with Gasteiger partial charge in [0.15, 0.2) is 6.61 Å². The molecule has 3 rings (SSSR count). The van der Waals surface area contributed by atoms with Crippen molar-refractivity contribution in [2.45, 2.75) is 19.4 Å². The summed E-state index contributed by atoms with van der Waals surface area (Å²) in [6.45, 7) is 2.38. The SMILES string of the molecule is Cc1ccc(OCC(=O)NC[C@@H]2CC(=O)N(C)[C@H]2c2ccncc2)cc1. The van der Waals surface area contributed by atoms with E-state index < -0.39 is 0 Å². The zero-order chi connectivity index (χ0) is 18.5. The number of amides is 2. The minimum Gasteiger partial charge on any atom is -0.484 e. The van der Waals surface area contributed by atoms with Crippen LogP contribution in [-0.4, -0.2) is 41.9 Å². The van der Waals surface area contributed by atoms with E-state index in [4.69, 9.17) is 4.74 Å². The summed E-state index contributed by atoms with van der Waals surface area (Å²) in [5.41, 5.74) is 2.17. The molecule has 1 N–H and O–H groups in total. The third-order valence-corrected chi connectivity index (χ3v) is 4.69. The Labute approximate surface area is 153 Å². The van der Waals surface area contributed by atoms with Crippen LogP contribution in [0.25, 0.3) is 0 Å². The number of ether oxygens (including phenoxy) is 1. The van der Waals surface area contributed by atoms with E-state index in [9.17, 15) is 9.59 Å². The van der Waals surface area contributed by atoms with Gasteiger partial charge in [0.25, 0.3) is 5.91 Å². The van der Waals surface area contributed by atoms with Gasteiger partial charge in [-0.2, -0.15) is 0 Å². The largest absolute Gasteiger partial charge is 0.484 e. The number of hydrogen-bond donors (Lipinski definition) is 1. The van der Waals surface area contributed by atoms with Crippen LogP contribution in [0.3, 0.4) is 0 Å². The number of likely N-dealkylation sites (tertiary alicyclic amines) is 1. The van der Waals surface area contributed by atoms with Crippen molar-refractivity contribution < 1.29 is 14.3 Å². The predicted octanol–water partition coefficient (Wildman–Crippen LogP) is 2.10. The summed E-state index contributed by atoms with van der Waals surface area (Å²) in [6, 6.07) is 11.3. The zero-order valence-electron chi connectivity index (χ0n) is 15.0.